The van der Waals surface area contributed by atoms with Crippen LogP contribution in [0.3, 0.4) is 0 Å². The van der Waals surface area contributed by atoms with E-state index in [1.54, 1.807) is 24.3 Å². The van der Waals surface area contributed by atoms with Crippen LogP contribution in [0.4, 0.5) is 0 Å². The second-order valence-corrected chi connectivity index (χ2v) is 5.84. The average Bonchev–Trinajstić information content (AvgIpc) is 2.46. The minimum absolute atomic E-state index is 0.112. The highest BCUT2D eigenvalue weighted by Gasteiger charge is 2.02. The lowest BCUT2D eigenvalue weighted by Crippen LogP contribution is -2.21. The van der Waals surface area contributed by atoms with E-state index in [4.69, 9.17) is 23.2 Å². The lowest BCUT2D eigenvalue weighted by atomic mass is 10.1. The van der Waals surface area contributed by atoms with E-state index in [2.05, 4.69) is 12.2 Å². The summed E-state index contributed by atoms with van der Waals surface area (Å²) in [6.45, 7) is 2.92. The monoisotopic (exact) mass is 327 g/mol. The third kappa shape index (κ3) is 7.54. The Morgan fingerprint density at radius 3 is 2.38 bits per heavy atom. The van der Waals surface area contributed by atoms with Gasteiger partial charge in [0.05, 0.1) is 0 Å². The van der Waals surface area contributed by atoms with Gasteiger partial charge < -0.3 is 5.32 Å². The molecule has 0 unspecified atom stereocenters. The van der Waals surface area contributed by atoms with Crippen LogP contribution in [0.1, 0.15) is 51.0 Å². The molecule has 1 N–H and O–H groups in total. The highest BCUT2D eigenvalue weighted by Crippen LogP contribution is 2.25. The van der Waals surface area contributed by atoms with Crippen molar-refractivity contribution in [1.82, 2.24) is 5.32 Å². The summed E-state index contributed by atoms with van der Waals surface area (Å²) in [4.78, 5) is 11.7. The van der Waals surface area contributed by atoms with Crippen LogP contribution in [0, 0.1) is 0 Å². The van der Waals surface area contributed by atoms with Crippen molar-refractivity contribution in [2.45, 2.75) is 45.4 Å². The number of carbonyl (C=O) groups is 1. The predicted octanol–water partition coefficient (Wildman–Crippen LogP) is 5.48. The molecule has 0 aliphatic rings. The van der Waals surface area contributed by atoms with Gasteiger partial charge in [0.1, 0.15) is 0 Å². The molecule has 1 aromatic carbocycles. The molecule has 2 nitrogen and oxygen atoms in total. The van der Waals surface area contributed by atoms with Crippen molar-refractivity contribution >= 4 is 35.2 Å². The van der Waals surface area contributed by atoms with Crippen LogP contribution in [0.15, 0.2) is 24.3 Å². The van der Waals surface area contributed by atoms with Gasteiger partial charge in [-0.05, 0) is 24.6 Å². The Balaban J connectivity index is 2.26. The normalized spacial score (nSPS) is 11.0. The molecule has 0 saturated carbocycles. The second kappa shape index (κ2) is 10.7. The largest absolute Gasteiger partial charge is 0.353 e. The Bertz CT molecular complexity index is 452. The van der Waals surface area contributed by atoms with Crippen LogP contribution >= 0.6 is 23.2 Å². The molecule has 0 spiro atoms. The zero-order valence-corrected chi connectivity index (χ0v) is 14.0. The first-order valence-corrected chi connectivity index (χ1v) is 8.30. The molecule has 0 radical (unpaired) electrons. The number of rotatable bonds is 9. The summed E-state index contributed by atoms with van der Waals surface area (Å²) in [6.07, 6.45) is 10.4. The van der Waals surface area contributed by atoms with Crippen LogP contribution in [0.5, 0.6) is 0 Å². The maximum Gasteiger partial charge on any atom is 0.244 e. The van der Waals surface area contributed by atoms with Gasteiger partial charge in [0.15, 0.2) is 0 Å². The molecule has 116 valence electrons. The Kier molecular flexibility index (Phi) is 9.20. The molecule has 0 fully saturated rings. The summed E-state index contributed by atoms with van der Waals surface area (Å²) < 4.78 is 0. The standard InChI is InChI=1S/C17H23Cl2NO/c1-2-3-4-5-6-7-13-20-17(21)12-11-14-15(18)9-8-10-16(14)19/h8-12H,2-7,13H2,1H3,(H,20,21). The maximum atomic E-state index is 11.7. The second-order valence-electron chi connectivity index (χ2n) is 5.03. The van der Waals surface area contributed by atoms with Crippen molar-refractivity contribution in [2.24, 2.45) is 0 Å². The van der Waals surface area contributed by atoms with Crippen LogP contribution < -0.4 is 5.32 Å². The summed E-state index contributed by atoms with van der Waals surface area (Å²) in [5.41, 5.74) is 0.676. The summed E-state index contributed by atoms with van der Waals surface area (Å²) in [6, 6.07) is 5.28. The van der Waals surface area contributed by atoms with Crippen molar-refractivity contribution in [2.75, 3.05) is 6.54 Å². The zero-order chi connectivity index (χ0) is 15.5. The van der Waals surface area contributed by atoms with Crippen molar-refractivity contribution in [3.05, 3.63) is 39.9 Å². The number of nitrogens with one attached hydrogen (secondary N) is 1. The van der Waals surface area contributed by atoms with Gasteiger partial charge in [0.2, 0.25) is 5.91 Å². The fourth-order valence-electron chi connectivity index (χ4n) is 2.00. The molecule has 0 saturated heterocycles. The zero-order valence-electron chi connectivity index (χ0n) is 12.5. The number of hydrogen-bond acceptors (Lipinski definition) is 1. The fraction of sp³-hybridized carbons (Fsp3) is 0.471. The minimum atomic E-state index is -0.112. The number of benzene rings is 1. The maximum absolute atomic E-state index is 11.7. The van der Waals surface area contributed by atoms with Crippen LogP contribution in [0.25, 0.3) is 6.08 Å². The van der Waals surface area contributed by atoms with Crippen LogP contribution in [-0.4, -0.2) is 12.5 Å². The molecule has 0 aliphatic carbocycles. The Morgan fingerprint density at radius 1 is 1.10 bits per heavy atom. The Morgan fingerprint density at radius 2 is 1.71 bits per heavy atom. The minimum Gasteiger partial charge on any atom is -0.353 e. The van der Waals surface area contributed by atoms with E-state index in [1.807, 2.05) is 0 Å². The molecule has 1 aromatic rings. The molecule has 0 aliphatic heterocycles. The van der Waals surface area contributed by atoms with E-state index in [0.717, 1.165) is 6.42 Å². The highest BCUT2D eigenvalue weighted by atomic mass is 35.5. The van der Waals surface area contributed by atoms with Crippen molar-refractivity contribution < 1.29 is 4.79 Å². The number of carbonyl (C=O) groups excluding carboxylic acids is 1. The summed E-state index contributed by atoms with van der Waals surface area (Å²) in [5.74, 6) is -0.112. The van der Waals surface area contributed by atoms with Crippen LogP contribution in [0.2, 0.25) is 10.0 Å². The van der Waals surface area contributed by atoms with Crippen molar-refractivity contribution in [1.29, 1.82) is 0 Å². The predicted molar refractivity (Wildman–Crippen MR) is 91.9 cm³/mol. The molecule has 1 rings (SSSR count). The first kappa shape index (κ1) is 18.1. The molecule has 0 atom stereocenters. The van der Waals surface area contributed by atoms with E-state index in [9.17, 15) is 4.79 Å². The summed E-state index contributed by atoms with van der Waals surface area (Å²) >= 11 is 12.1. The van der Waals surface area contributed by atoms with Gasteiger partial charge in [0.25, 0.3) is 0 Å². The topological polar surface area (TPSA) is 29.1 Å². The first-order valence-electron chi connectivity index (χ1n) is 7.55. The third-order valence-electron chi connectivity index (χ3n) is 3.23. The number of halogens is 2. The molecular weight excluding hydrogens is 305 g/mol. The molecule has 0 aromatic heterocycles. The average molecular weight is 328 g/mol. The number of hydrogen-bond donors (Lipinski definition) is 1. The quantitative estimate of drug-likeness (QED) is 0.472. The Labute approximate surface area is 137 Å². The smallest absolute Gasteiger partial charge is 0.244 e. The molecular formula is C17H23Cl2NO. The summed E-state index contributed by atoms with van der Waals surface area (Å²) in [7, 11) is 0. The molecule has 21 heavy (non-hydrogen) atoms. The summed E-state index contributed by atoms with van der Waals surface area (Å²) in [5, 5.41) is 3.96. The molecule has 0 bridgehead atoms. The number of unbranched alkanes of at least 4 members (excludes halogenated alkanes) is 5. The van der Waals surface area contributed by atoms with E-state index in [1.165, 1.54) is 38.2 Å². The van der Waals surface area contributed by atoms with Gasteiger partial charge in [0, 0.05) is 28.2 Å². The fourth-order valence-corrected chi connectivity index (χ4v) is 2.53. The Hall–Kier alpha value is -0.990. The highest BCUT2D eigenvalue weighted by molar-refractivity contribution is 6.37. The lowest BCUT2D eigenvalue weighted by molar-refractivity contribution is -0.116. The molecule has 1 amide bonds. The van der Waals surface area contributed by atoms with Crippen molar-refractivity contribution in [3.63, 3.8) is 0 Å². The van der Waals surface area contributed by atoms with E-state index in [-0.39, 0.29) is 5.91 Å². The van der Waals surface area contributed by atoms with E-state index < -0.39 is 0 Å². The lowest BCUT2D eigenvalue weighted by Gasteiger charge is -2.03. The van der Waals surface area contributed by atoms with E-state index >= 15 is 0 Å². The third-order valence-corrected chi connectivity index (χ3v) is 3.89. The molecule has 0 heterocycles. The van der Waals surface area contributed by atoms with Gasteiger partial charge in [-0.1, -0.05) is 68.3 Å². The van der Waals surface area contributed by atoms with Crippen LogP contribution in [-0.2, 0) is 4.79 Å². The van der Waals surface area contributed by atoms with E-state index in [0.29, 0.717) is 22.2 Å². The first-order chi connectivity index (χ1) is 10.1. The van der Waals surface area contributed by atoms with Gasteiger partial charge in [-0.15, -0.1) is 0 Å². The van der Waals surface area contributed by atoms with Gasteiger partial charge in [-0.2, -0.15) is 0 Å². The van der Waals surface area contributed by atoms with Gasteiger partial charge >= 0.3 is 0 Å². The van der Waals surface area contributed by atoms with Gasteiger partial charge in [-0.3, -0.25) is 4.79 Å². The number of amides is 1. The molecule has 4 heteroatoms. The van der Waals surface area contributed by atoms with Crippen molar-refractivity contribution in [3.8, 4) is 0 Å². The van der Waals surface area contributed by atoms with Gasteiger partial charge in [-0.25, -0.2) is 0 Å². The SMILES string of the molecule is CCCCCCCCNC(=O)C=Cc1c(Cl)cccc1Cl.